The third-order valence-electron chi connectivity index (χ3n) is 2.41. The molecule has 0 saturated heterocycles. The largest absolute Gasteiger partial charge is 0.352 e. The number of hydrogen-bond donors (Lipinski definition) is 1. The van der Waals surface area contributed by atoms with Gasteiger partial charge < -0.3 is 5.32 Å². The number of aryl methyl sites for hydroxylation is 1. The molecule has 0 fully saturated rings. The highest BCUT2D eigenvalue weighted by atomic mass is 127. The Balaban J connectivity index is 2.37. The predicted octanol–water partition coefficient (Wildman–Crippen LogP) is 3.70. The summed E-state index contributed by atoms with van der Waals surface area (Å²) in [5.41, 5.74) is 2.75. The van der Waals surface area contributed by atoms with E-state index in [0.29, 0.717) is 9.26 Å². The summed E-state index contributed by atoms with van der Waals surface area (Å²) >= 11 is 2.05. The van der Waals surface area contributed by atoms with Gasteiger partial charge in [-0.05, 0) is 53.8 Å². The molecule has 0 bridgehead atoms. The lowest BCUT2D eigenvalue weighted by Crippen LogP contribution is -2.07. The van der Waals surface area contributed by atoms with Crippen LogP contribution in [-0.2, 0) is 0 Å². The molecule has 0 heterocycles. The van der Waals surface area contributed by atoms with Crippen molar-refractivity contribution >= 4 is 34.0 Å². The van der Waals surface area contributed by atoms with Crippen LogP contribution in [0.4, 0.5) is 11.4 Å². The number of nitrogens with one attached hydrogen (secondary N) is 1. The Labute approximate surface area is 114 Å². The standard InChI is InChI=1S/C14H12INO/c1-10-6-8-11(9-7-10)16-13-5-3-2-4-12(15)14(13)17/h2-9H,1H3,(H,16,17). The van der Waals surface area contributed by atoms with Gasteiger partial charge in [-0.2, -0.15) is 0 Å². The summed E-state index contributed by atoms with van der Waals surface area (Å²) in [7, 11) is 0. The minimum absolute atomic E-state index is 0.0242. The molecular weight excluding hydrogens is 325 g/mol. The van der Waals surface area contributed by atoms with Gasteiger partial charge in [0.15, 0.2) is 0 Å². The Morgan fingerprint density at radius 1 is 1.00 bits per heavy atom. The molecule has 17 heavy (non-hydrogen) atoms. The van der Waals surface area contributed by atoms with Gasteiger partial charge in [0.25, 0.3) is 0 Å². The molecule has 0 aliphatic heterocycles. The van der Waals surface area contributed by atoms with Crippen LogP contribution in [0.1, 0.15) is 5.56 Å². The van der Waals surface area contributed by atoms with E-state index in [1.807, 2.05) is 49.4 Å². The van der Waals surface area contributed by atoms with Gasteiger partial charge in [0.2, 0.25) is 5.43 Å². The van der Waals surface area contributed by atoms with Crippen molar-refractivity contribution < 1.29 is 0 Å². The van der Waals surface area contributed by atoms with Gasteiger partial charge in [0, 0.05) is 5.69 Å². The maximum atomic E-state index is 12.0. The molecule has 3 heteroatoms. The van der Waals surface area contributed by atoms with Crippen molar-refractivity contribution in [3.63, 3.8) is 0 Å². The van der Waals surface area contributed by atoms with E-state index in [1.165, 1.54) is 5.56 Å². The van der Waals surface area contributed by atoms with Gasteiger partial charge in [0.05, 0.1) is 9.26 Å². The second-order valence-electron chi connectivity index (χ2n) is 3.80. The highest BCUT2D eigenvalue weighted by molar-refractivity contribution is 14.1. The van der Waals surface area contributed by atoms with Gasteiger partial charge in [-0.3, -0.25) is 4.79 Å². The Hall–Kier alpha value is -1.36. The van der Waals surface area contributed by atoms with Crippen LogP contribution in [0, 0.1) is 10.5 Å². The topological polar surface area (TPSA) is 29.1 Å². The van der Waals surface area contributed by atoms with Gasteiger partial charge in [0.1, 0.15) is 0 Å². The van der Waals surface area contributed by atoms with Crippen LogP contribution in [0.2, 0.25) is 0 Å². The Kier molecular flexibility index (Phi) is 3.78. The summed E-state index contributed by atoms with van der Waals surface area (Å²) in [5, 5.41) is 3.14. The summed E-state index contributed by atoms with van der Waals surface area (Å²) in [6.45, 7) is 2.04. The minimum Gasteiger partial charge on any atom is -0.352 e. The molecule has 0 atom stereocenters. The van der Waals surface area contributed by atoms with Crippen LogP contribution in [0.3, 0.4) is 0 Å². The molecule has 0 aliphatic rings. The van der Waals surface area contributed by atoms with Crippen molar-refractivity contribution in [2.45, 2.75) is 6.92 Å². The molecule has 86 valence electrons. The van der Waals surface area contributed by atoms with Crippen LogP contribution in [0.15, 0.2) is 53.3 Å². The number of anilines is 2. The zero-order chi connectivity index (χ0) is 12.3. The second-order valence-corrected chi connectivity index (χ2v) is 4.96. The summed E-state index contributed by atoms with van der Waals surface area (Å²) in [6.07, 6.45) is 0. The SMILES string of the molecule is Cc1ccc(Nc2ccccc(I)c2=O)cc1. The van der Waals surface area contributed by atoms with E-state index in [-0.39, 0.29) is 5.43 Å². The molecule has 0 amide bonds. The van der Waals surface area contributed by atoms with E-state index in [2.05, 4.69) is 27.9 Å². The smallest absolute Gasteiger partial charge is 0.215 e. The van der Waals surface area contributed by atoms with Crippen LogP contribution in [-0.4, -0.2) is 0 Å². The first-order valence-electron chi connectivity index (χ1n) is 5.29. The number of benzene rings is 1. The molecule has 0 saturated carbocycles. The summed E-state index contributed by atoms with van der Waals surface area (Å²) < 4.78 is 0.710. The summed E-state index contributed by atoms with van der Waals surface area (Å²) in [5.74, 6) is 0. The lowest BCUT2D eigenvalue weighted by molar-refractivity contribution is 1.44. The first kappa shape index (κ1) is 12.1. The van der Waals surface area contributed by atoms with E-state index in [4.69, 9.17) is 0 Å². The fourth-order valence-electron chi connectivity index (χ4n) is 1.46. The number of hydrogen-bond acceptors (Lipinski definition) is 2. The van der Waals surface area contributed by atoms with E-state index in [9.17, 15) is 4.79 Å². The second kappa shape index (κ2) is 5.31. The highest BCUT2D eigenvalue weighted by Crippen LogP contribution is 2.14. The third-order valence-corrected chi connectivity index (χ3v) is 3.26. The Bertz CT molecular complexity index is 578. The van der Waals surface area contributed by atoms with Crippen molar-refractivity contribution in [3.8, 4) is 0 Å². The van der Waals surface area contributed by atoms with Crippen molar-refractivity contribution in [2.24, 2.45) is 0 Å². The van der Waals surface area contributed by atoms with Crippen LogP contribution in [0.25, 0.3) is 0 Å². The van der Waals surface area contributed by atoms with Crippen molar-refractivity contribution in [1.29, 1.82) is 0 Å². The minimum atomic E-state index is 0.0242. The maximum Gasteiger partial charge on any atom is 0.215 e. The summed E-state index contributed by atoms with van der Waals surface area (Å²) in [6, 6.07) is 15.3. The molecular formula is C14H12INO. The molecule has 0 unspecified atom stereocenters. The fraction of sp³-hybridized carbons (Fsp3) is 0.0714. The zero-order valence-electron chi connectivity index (χ0n) is 9.41. The lowest BCUT2D eigenvalue weighted by atomic mass is 10.2. The van der Waals surface area contributed by atoms with E-state index in [1.54, 1.807) is 6.07 Å². The third kappa shape index (κ3) is 3.06. The maximum absolute atomic E-state index is 12.0. The first-order valence-corrected chi connectivity index (χ1v) is 6.37. The number of rotatable bonds is 2. The molecule has 0 radical (unpaired) electrons. The van der Waals surface area contributed by atoms with Crippen LogP contribution in [0.5, 0.6) is 0 Å². The van der Waals surface area contributed by atoms with Crippen LogP contribution < -0.4 is 10.7 Å². The molecule has 0 aliphatic carbocycles. The molecule has 0 spiro atoms. The molecule has 1 N–H and O–H groups in total. The average Bonchev–Trinajstić information content (AvgIpc) is 2.48. The van der Waals surface area contributed by atoms with Crippen molar-refractivity contribution in [2.75, 3.05) is 5.32 Å². The van der Waals surface area contributed by atoms with E-state index in [0.717, 1.165) is 5.69 Å². The molecule has 2 aromatic rings. The van der Waals surface area contributed by atoms with Crippen molar-refractivity contribution in [1.82, 2.24) is 0 Å². The van der Waals surface area contributed by atoms with Gasteiger partial charge in [-0.25, -0.2) is 0 Å². The molecule has 2 aromatic carbocycles. The fourth-order valence-corrected chi connectivity index (χ4v) is 1.96. The van der Waals surface area contributed by atoms with E-state index >= 15 is 0 Å². The number of halogens is 1. The molecule has 2 nitrogen and oxygen atoms in total. The predicted molar refractivity (Wildman–Crippen MR) is 79.9 cm³/mol. The zero-order valence-corrected chi connectivity index (χ0v) is 11.6. The van der Waals surface area contributed by atoms with Gasteiger partial charge >= 0.3 is 0 Å². The molecule has 2 rings (SSSR count). The highest BCUT2D eigenvalue weighted by Gasteiger charge is 2.01. The van der Waals surface area contributed by atoms with Gasteiger partial charge in [-0.1, -0.05) is 29.8 Å². The Morgan fingerprint density at radius 3 is 2.35 bits per heavy atom. The van der Waals surface area contributed by atoms with Gasteiger partial charge in [-0.15, -0.1) is 0 Å². The van der Waals surface area contributed by atoms with Crippen molar-refractivity contribution in [3.05, 3.63) is 67.9 Å². The van der Waals surface area contributed by atoms with Crippen LogP contribution >= 0.6 is 22.6 Å². The monoisotopic (exact) mass is 337 g/mol. The van der Waals surface area contributed by atoms with E-state index < -0.39 is 0 Å². The average molecular weight is 337 g/mol. The normalized spacial score (nSPS) is 10.0. The molecule has 0 aromatic heterocycles. The lowest BCUT2D eigenvalue weighted by Gasteiger charge is -2.04. The first-order chi connectivity index (χ1) is 8.16. The quantitative estimate of drug-likeness (QED) is 0.847. The summed E-state index contributed by atoms with van der Waals surface area (Å²) in [4.78, 5) is 12.0. The Morgan fingerprint density at radius 2 is 1.65 bits per heavy atom.